The van der Waals surface area contributed by atoms with Crippen molar-refractivity contribution in [2.45, 2.75) is 32.7 Å². The van der Waals surface area contributed by atoms with Gasteiger partial charge in [-0.15, -0.1) is 0 Å². The van der Waals surface area contributed by atoms with Crippen LogP contribution in [0.1, 0.15) is 47.2 Å². The van der Waals surface area contributed by atoms with Crippen LogP contribution in [0.3, 0.4) is 0 Å². The number of carbonyl (C=O) groups is 1. The highest BCUT2D eigenvalue weighted by atomic mass is 35.5. The predicted molar refractivity (Wildman–Crippen MR) is 123 cm³/mol. The molecular formula is C25H20ClN3O2. The zero-order chi connectivity index (χ0) is 22.0. The number of unbranched alkanes of at least 4 members (excludes halogenated alkanes) is 1. The Kier molecular flexibility index (Phi) is 5.83. The van der Waals surface area contributed by atoms with Gasteiger partial charge in [0.05, 0.1) is 11.6 Å². The number of imidazole rings is 1. The van der Waals surface area contributed by atoms with Crippen molar-refractivity contribution in [3.63, 3.8) is 0 Å². The second-order valence-electron chi connectivity index (χ2n) is 7.48. The molecule has 0 fully saturated rings. The van der Waals surface area contributed by atoms with Crippen LogP contribution in [0.25, 0.3) is 21.5 Å². The molecule has 0 bridgehead atoms. The molecule has 0 amide bonds. The molecular weight excluding hydrogens is 410 g/mol. The third-order valence-electron chi connectivity index (χ3n) is 5.49. The van der Waals surface area contributed by atoms with Gasteiger partial charge in [0.15, 0.2) is 16.9 Å². The molecule has 0 aliphatic heterocycles. The highest BCUT2D eigenvalue weighted by Gasteiger charge is 2.16. The number of nitrogens with zero attached hydrogens (tertiary/aromatic N) is 3. The third kappa shape index (κ3) is 3.83. The fourth-order valence-corrected chi connectivity index (χ4v) is 4.14. The SMILES string of the molecule is CCCCc1nc(Cl)c(C=O)n1Cc1ccc2c(C#N)cc3ccccc3c(=O)c2c1. The standard InChI is InChI=1S/C25H20ClN3O2/c1-2-3-8-23-28-25(26)22(15-30)29(23)14-16-9-10-19-18(13-27)12-17-6-4-5-7-20(17)24(31)21(19)11-16/h4-7,9-12,15H,2-3,8,14H2,1H3. The van der Waals surface area contributed by atoms with Gasteiger partial charge in [0.1, 0.15) is 11.5 Å². The summed E-state index contributed by atoms with van der Waals surface area (Å²) in [4.78, 5) is 29.3. The summed E-state index contributed by atoms with van der Waals surface area (Å²) in [5, 5.41) is 12.2. The molecule has 0 aliphatic carbocycles. The number of rotatable bonds is 6. The number of nitriles is 1. The molecule has 0 unspecified atom stereocenters. The summed E-state index contributed by atoms with van der Waals surface area (Å²) in [5.41, 5.74) is 1.48. The molecule has 0 radical (unpaired) electrons. The van der Waals surface area contributed by atoms with Crippen LogP contribution in [-0.4, -0.2) is 15.8 Å². The zero-order valence-electron chi connectivity index (χ0n) is 17.1. The Morgan fingerprint density at radius 1 is 1.13 bits per heavy atom. The smallest absolute Gasteiger partial charge is 0.194 e. The number of aromatic nitrogens is 2. The van der Waals surface area contributed by atoms with Crippen LogP contribution in [0.15, 0.2) is 53.3 Å². The van der Waals surface area contributed by atoms with Crippen molar-refractivity contribution >= 4 is 39.4 Å². The van der Waals surface area contributed by atoms with Gasteiger partial charge in [-0.3, -0.25) is 9.59 Å². The van der Waals surface area contributed by atoms with Gasteiger partial charge in [-0.1, -0.05) is 61.3 Å². The molecule has 5 nitrogen and oxygen atoms in total. The van der Waals surface area contributed by atoms with E-state index in [0.717, 1.165) is 29.6 Å². The molecule has 154 valence electrons. The molecule has 0 aliphatic rings. The molecule has 0 saturated heterocycles. The van der Waals surface area contributed by atoms with Crippen LogP contribution >= 0.6 is 11.6 Å². The number of aryl methyl sites for hydroxylation is 1. The van der Waals surface area contributed by atoms with Crippen molar-refractivity contribution in [3.8, 4) is 6.07 Å². The molecule has 0 saturated carbocycles. The average Bonchev–Trinajstić information content (AvgIpc) is 3.02. The van der Waals surface area contributed by atoms with E-state index < -0.39 is 0 Å². The summed E-state index contributed by atoms with van der Waals surface area (Å²) < 4.78 is 1.81. The van der Waals surface area contributed by atoms with E-state index in [4.69, 9.17) is 11.6 Å². The van der Waals surface area contributed by atoms with Gasteiger partial charge in [0.25, 0.3) is 0 Å². The second kappa shape index (κ2) is 8.71. The quantitative estimate of drug-likeness (QED) is 0.391. The molecule has 0 spiro atoms. The summed E-state index contributed by atoms with van der Waals surface area (Å²) in [6.07, 6.45) is 3.35. The number of fused-ring (bicyclic) bond motifs is 2. The summed E-state index contributed by atoms with van der Waals surface area (Å²) in [7, 11) is 0. The first-order chi connectivity index (χ1) is 15.1. The number of benzene rings is 2. The van der Waals surface area contributed by atoms with E-state index in [-0.39, 0.29) is 10.6 Å². The third-order valence-corrected chi connectivity index (χ3v) is 5.77. The van der Waals surface area contributed by atoms with Gasteiger partial charge in [-0.25, -0.2) is 4.98 Å². The Morgan fingerprint density at radius 2 is 1.94 bits per heavy atom. The monoisotopic (exact) mass is 429 g/mol. The Hall–Kier alpha value is -3.49. The molecule has 0 N–H and O–H groups in total. The van der Waals surface area contributed by atoms with Crippen LogP contribution in [-0.2, 0) is 13.0 Å². The summed E-state index contributed by atoms with van der Waals surface area (Å²) in [6, 6.07) is 16.7. The van der Waals surface area contributed by atoms with E-state index >= 15 is 0 Å². The first-order valence-electron chi connectivity index (χ1n) is 10.2. The van der Waals surface area contributed by atoms with Gasteiger partial charge in [0, 0.05) is 29.1 Å². The van der Waals surface area contributed by atoms with E-state index in [1.807, 2.05) is 28.8 Å². The Balaban J connectivity index is 1.91. The summed E-state index contributed by atoms with van der Waals surface area (Å²) in [5.74, 6) is 0.748. The minimum atomic E-state index is -0.126. The summed E-state index contributed by atoms with van der Waals surface area (Å²) in [6.45, 7) is 2.45. The zero-order valence-corrected chi connectivity index (χ0v) is 17.8. The van der Waals surface area contributed by atoms with Crippen molar-refractivity contribution in [3.05, 3.63) is 86.6 Å². The highest BCUT2D eigenvalue weighted by molar-refractivity contribution is 6.31. The normalized spacial score (nSPS) is 11.0. The maximum atomic E-state index is 13.3. The lowest BCUT2D eigenvalue weighted by molar-refractivity contribution is 0.111. The molecule has 0 atom stereocenters. The minimum absolute atomic E-state index is 0.126. The van der Waals surface area contributed by atoms with Crippen LogP contribution in [0, 0.1) is 11.3 Å². The van der Waals surface area contributed by atoms with Crippen molar-refractivity contribution in [2.24, 2.45) is 0 Å². The lowest BCUT2D eigenvalue weighted by Gasteiger charge is -2.10. The van der Waals surface area contributed by atoms with Crippen LogP contribution in [0.4, 0.5) is 0 Å². The lowest BCUT2D eigenvalue weighted by Crippen LogP contribution is -2.09. The van der Waals surface area contributed by atoms with Crippen LogP contribution in [0.2, 0.25) is 5.15 Å². The van der Waals surface area contributed by atoms with Gasteiger partial charge in [0.2, 0.25) is 0 Å². The number of hydrogen-bond donors (Lipinski definition) is 0. The molecule has 4 aromatic rings. The van der Waals surface area contributed by atoms with Crippen molar-refractivity contribution in [2.75, 3.05) is 0 Å². The minimum Gasteiger partial charge on any atom is -0.320 e. The first-order valence-corrected chi connectivity index (χ1v) is 10.5. The number of carbonyl (C=O) groups excluding carboxylic acids is 1. The van der Waals surface area contributed by atoms with Crippen molar-refractivity contribution in [1.82, 2.24) is 9.55 Å². The van der Waals surface area contributed by atoms with E-state index in [2.05, 4.69) is 18.0 Å². The lowest BCUT2D eigenvalue weighted by atomic mass is 10.1. The highest BCUT2D eigenvalue weighted by Crippen LogP contribution is 2.23. The van der Waals surface area contributed by atoms with Gasteiger partial charge in [-0.05, 0) is 29.5 Å². The molecule has 31 heavy (non-hydrogen) atoms. The van der Waals surface area contributed by atoms with Gasteiger partial charge >= 0.3 is 0 Å². The molecule has 1 heterocycles. The van der Waals surface area contributed by atoms with E-state index in [0.29, 0.717) is 46.7 Å². The van der Waals surface area contributed by atoms with Gasteiger partial charge < -0.3 is 4.57 Å². The maximum Gasteiger partial charge on any atom is 0.194 e. The maximum absolute atomic E-state index is 13.3. The second-order valence-corrected chi connectivity index (χ2v) is 7.84. The molecule has 3 aromatic carbocycles. The fourth-order valence-electron chi connectivity index (χ4n) is 3.89. The largest absolute Gasteiger partial charge is 0.320 e. The number of hydrogen-bond acceptors (Lipinski definition) is 4. The molecule has 1 aromatic heterocycles. The van der Waals surface area contributed by atoms with Crippen LogP contribution < -0.4 is 5.43 Å². The Morgan fingerprint density at radius 3 is 2.68 bits per heavy atom. The average molecular weight is 430 g/mol. The van der Waals surface area contributed by atoms with Crippen LogP contribution in [0.5, 0.6) is 0 Å². The van der Waals surface area contributed by atoms with Crippen molar-refractivity contribution in [1.29, 1.82) is 5.26 Å². The fraction of sp³-hybridized carbons (Fsp3) is 0.200. The van der Waals surface area contributed by atoms with Crippen molar-refractivity contribution < 1.29 is 4.79 Å². The van der Waals surface area contributed by atoms with Gasteiger partial charge in [-0.2, -0.15) is 5.26 Å². The topological polar surface area (TPSA) is 75.8 Å². The predicted octanol–water partition coefficient (Wildman–Crippen LogP) is 5.28. The van der Waals surface area contributed by atoms with E-state index in [1.54, 1.807) is 24.3 Å². The van der Waals surface area contributed by atoms with E-state index in [1.165, 1.54) is 0 Å². The Labute approximate surface area is 184 Å². The first kappa shape index (κ1) is 20.8. The summed E-state index contributed by atoms with van der Waals surface area (Å²) >= 11 is 6.19. The molecule has 4 rings (SSSR count). The Bertz CT molecular complexity index is 1420. The van der Waals surface area contributed by atoms with E-state index in [9.17, 15) is 14.9 Å². The molecule has 6 heteroatoms. The number of aldehydes is 1. The number of halogens is 1.